The summed E-state index contributed by atoms with van der Waals surface area (Å²) in [6.07, 6.45) is 12.7. The summed E-state index contributed by atoms with van der Waals surface area (Å²) in [6, 6.07) is 0. The molecule has 128 valence electrons. The lowest BCUT2D eigenvalue weighted by Gasteiger charge is -2.59. The number of rotatable bonds is 3. The molecule has 2 fully saturated rings. The van der Waals surface area contributed by atoms with Gasteiger partial charge in [-0.05, 0) is 58.8 Å². The molecular weight excluding hydrogens is 290 g/mol. The van der Waals surface area contributed by atoms with Gasteiger partial charge in [-0.15, -0.1) is 0 Å². The Labute approximate surface area is 139 Å². The third-order valence-electron chi connectivity index (χ3n) is 5.26. The molecule has 0 bridgehead atoms. The Hall–Kier alpha value is -1.29. The molecule has 4 nitrogen and oxygen atoms in total. The first-order valence-corrected chi connectivity index (χ1v) is 8.74. The van der Waals surface area contributed by atoms with Crippen molar-refractivity contribution in [2.75, 3.05) is 13.1 Å². The first kappa shape index (κ1) is 16.6. The minimum atomic E-state index is -0.639. The fourth-order valence-corrected chi connectivity index (χ4v) is 4.14. The van der Waals surface area contributed by atoms with Crippen LogP contribution in [0.25, 0.3) is 0 Å². The highest BCUT2D eigenvalue weighted by molar-refractivity contribution is 5.69. The van der Waals surface area contributed by atoms with E-state index < -0.39 is 11.2 Å². The molecule has 1 heterocycles. The first-order chi connectivity index (χ1) is 10.7. The zero-order valence-electron chi connectivity index (χ0n) is 14.5. The number of carbonyl (C=O) groups is 1. The van der Waals surface area contributed by atoms with E-state index in [0.717, 1.165) is 32.4 Å². The second kappa shape index (κ2) is 5.66. The van der Waals surface area contributed by atoms with Gasteiger partial charge < -0.3 is 14.7 Å². The van der Waals surface area contributed by atoms with Gasteiger partial charge in [0.25, 0.3) is 0 Å². The SMILES string of the molecule is CC(C)(C)OC(=O)N1CC2(CC(CCC3(O)C=CC=CC3)C2)C1. The van der Waals surface area contributed by atoms with Crippen LogP contribution in [0.15, 0.2) is 24.3 Å². The van der Waals surface area contributed by atoms with Gasteiger partial charge in [0.1, 0.15) is 5.60 Å². The van der Waals surface area contributed by atoms with Crippen molar-refractivity contribution >= 4 is 6.09 Å². The van der Waals surface area contributed by atoms with E-state index in [1.54, 1.807) is 0 Å². The lowest BCUT2D eigenvalue weighted by Crippen LogP contribution is -2.64. The van der Waals surface area contributed by atoms with E-state index in [-0.39, 0.29) is 6.09 Å². The highest BCUT2D eigenvalue weighted by atomic mass is 16.6. The molecule has 0 aromatic carbocycles. The highest BCUT2D eigenvalue weighted by Gasteiger charge is 2.54. The summed E-state index contributed by atoms with van der Waals surface area (Å²) >= 11 is 0. The van der Waals surface area contributed by atoms with E-state index in [9.17, 15) is 9.90 Å². The zero-order valence-corrected chi connectivity index (χ0v) is 14.5. The fraction of sp³-hybridized carbons (Fsp3) is 0.737. The predicted octanol–water partition coefficient (Wildman–Crippen LogP) is 3.66. The second-order valence-electron chi connectivity index (χ2n) is 8.74. The molecule has 23 heavy (non-hydrogen) atoms. The van der Waals surface area contributed by atoms with Gasteiger partial charge in [-0.2, -0.15) is 0 Å². The molecule has 1 unspecified atom stereocenters. The number of carbonyl (C=O) groups excluding carboxylic acids is 1. The molecule has 1 spiro atoms. The maximum absolute atomic E-state index is 12.0. The van der Waals surface area contributed by atoms with Gasteiger partial charge in [0, 0.05) is 18.5 Å². The van der Waals surface area contributed by atoms with Crippen LogP contribution in [0.1, 0.15) is 52.9 Å². The van der Waals surface area contributed by atoms with Gasteiger partial charge >= 0.3 is 6.09 Å². The molecule has 1 aliphatic heterocycles. The monoisotopic (exact) mass is 319 g/mol. The molecule has 3 rings (SSSR count). The minimum Gasteiger partial charge on any atom is -0.444 e. The van der Waals surface area contributed by atoms with Crippen molar-refractivity contribution in [3.63, 3.8) is 0 Å². The first-order valence-electron chi connectivity index (χ1n) is 8.74. The maximum Gasteiger partial charge on any atom is 0.410 e. The summed E-state index contributed by atoms with van der Waals surface area (Å²) in [5, 5.41) is 10.5. The van der Waals surface area contributed by atoms with Crippen molar-refractivity contribution < 1.29 is 14.6 Å². The van der Waals surface area contributed by atoms with Crippen molar-refractivity contribution in [2.45, 2.75) is 64.1 Å². The van der Waals surface area contributed by atoms with Gasteiger partial charge in [0.15, 0.2) is 0 Å². The van der Waals surface area contributed by atoms with E-state index in [0.29, 0.717) is 11.3 Å². The number of ether oxygens (including phenoxy) is 1. The summed E-state index contributed by atoms with van der Waals surface area (Å²) in [5.74, 6) is 0.694. The predicted molar refractivity (Wildman–Crippen MR) is 90.0 cm³/mol. The topological polar surface area (TPSA) is 49.8 Å². The van der Waals surface area contributed by atoms with Crippen molar-refractivity contribution in [1.29, 1.82) is 0 Å². The number of nitrogens with zero attached hydrogens (tertiary/aromatic N) is 1. The molecule has 0 aromatic rings. The van der Waals surface area contributed by atoms with Gasteiger partial charge in [-0.3, -0.25) is 0 Å². The lowest BCUT2D eigenvalue weighted by molar-refractivity contribution is -0.0994. The Bertz CT molecular complexity index is 517. The summed E-state index contributed by atoms with van der Waals surface area (Å²) in [7, 11) is 0. The number of hydrogen-bond acceptors (Lipinski definition) is 3. The molecule has 1 saturated carbocycles. The Morgan fingerprint density at radius 2 is 2.00 bits per heavy atom. The van der Waals surface area contributed by atoms with Crippen molar-refractivity contribution in [3.8, 4) is 0 Å². The normalized spacial score (nSPS) is 29.3. The van der Waals surface area contributed by atoms with Crippen LogP contribution in [0.3, 0.4) is 0 Å². The van der Waals surface area contributed by atoms with Gasteiger partial charge in [-0.1, -0.05) is 24.3 Å². The summed E-state index contributed by atoms with van der Waals surface area (Å²) in [5.41, 5.74) is -0.717. The second-order valence-corrected chi connectivity index (χ2v) is 8.74. The lowest BCUT2D eigenvalue weighted by atomic mass is 9.56. The fourth-order valence-electron chi connectivity index (χ4n) is 4.14. The molecule has 1 atom stereocenters. The van der Waals surface area contributed by atoms with E-state index >= 15 is 0 Å². The molecule has 1 saturated heterocycles. The minimum absolute atomic E-state index is 0.181. The van der Waals surface area contributed by atoms with Gasteiger partial charge in [0.2, 0.25) is 0 Å². The van der Waals surface area contributed by atoms with Crippen molar-refractivity contribution in [2.24, 2.45) is 11.3 Å². The number of likely N-dealkylation sites (tertiary alicyclic amines) is 1. The highest BCUT2D eigenvalue weighted by Crippen LogP contribution is 2.54. The summed E-state index contributed by atoms with van der Waals surface area (Å²) in [4.78, 5) is 13.8. The van der Waals surface area contributed by atoms with E-state index in [2.05, 4.69) is 0 Å². The van der Waals surface area contributed by atoms with Gasteiger partial charge in [-0.25, -0.2) is 4.79 Å². The Morgan fingerprint density at radius 3 is 2.57 bits per heavy atom. The quantitative estimate of drug-likeness (QED) is 0.863. The molecule has 1 N–H and O–H groups in total. The summed E-state index contributed by atoms with van der Waals surface area (Å²) in [6.45, 7) is 7.38. The number of allylic oxidation sites excluding steroid dienone is 2. The van der Waals surface area contributed by atoms with E-state index in [4.69, 9.17) is 4.74 Å². The number of hydrogen-bond donors (Lipinski definition) is 1. The standard InChI is InChI=1S/C19H29NO3/c1-17(2,3)23-16(21)20-13-18(14-20)11-15(12-18)7-10-19(22)8-5-4-6-9-19/h4-6,8,15,22H,7,9-14H2,1-3H3. The number of amides is 1. The average molecular weight is 319 g/mol. The molecule has 2 aliphatic carbocycles. The molecule has 0 aromatic heterocycles. The van der Waals surface area contributed by atoms with E-state index in [1.165, 1.54) is 12.8 Å². The van der Waals surface area contributed by atoms with Crippen LogP contribution in [0.4, 0.5) is 4.79 Å². The van der Waals surface area contributed by atoms with Crippen LogP contribution in [-0.4, -0.2) is 40.4 Å². The Kier molecular flexibility index (Phi) is 4.07. The third kappa shape index (κ3) is 3.79. The Balaban J connectivity index is 1.37. The van der Waals surface area contributed by atoms with Crippen LogP contribution >= 0.6 is 0 Å². The maximum atomic E-state index is 12.0. The van der Waals surface area contributed by atoms with Crippen LogP contribution < -0.4 is 0 Å². The molecule has 3 aliphatic rings. The molecule has 0 radical (unpaired) electrons. The molecule has 1 amide bonds. The zero-order chi connectivity index (χ0) is 16.7. The molecule has 4 heteroatoms. The van der Waals surface area contributed by atoms with Crippen molar-refractivity contribution in [1.82, 2.24) is 4.90 Å². The average Bonchev–Trinajstić information content (AvgIpc) is 2.33. The van der Waals surface area contributed by atoms with Crippen LogP contribution in [0.2, 0.25) is 0 Å². The summed E-state index contributed by atoms with van der Waals surface area (Å²) < 4.78 is 5.41. The third-order valence-corrected chi connectivity index (χ3v) is 5.26. The van der Waals surface area contributed by atoms with Crippen LogP contribution in [0.5, 0.6) is 0 Å². The van der Waals surface area contributed by atoms with Crippen molar-refractivity contribution in [3.05, 3.63) is 24.3 Å². The molecular formula is C19H29NO3. The number of aliphatic hydroxyl groups is 1. The van der Waals surface area contributed by atoms with Crippen LogP contribution in [0, 0.1) is 11.3 Å². The van der Waals surface area contributed by atoms with Gasteiger partial charge in [0.05, 0.1) is 5.60 Å². The van der Waals surface area contributed by atoms with Crippen LogP contribution in [-0.2, 0) is 4.74 Å². The Morgan fingerprint density at radius 1 is 1.30 bits per heavy atom. The smallest absolute Gasteiger partial charge is 0.410 e. The largest absolute Gasteiger partial charge is 0.444 e. The van der Waals surface area contributed by atoms with E-state index in [1.807, 2.05) is 50.0 Å².